The fourth-order valence-corrected chi connectivity index (χ4v) is 4.31. The minimum atomic E-state index is -0.372. The number of nitrogens with one attached hydrogen (secondary N) is 2. The number of amides is 3. The number of benzene rings is 1. The van der Waals surface area contributed by atoms with Crippen molar-refractivity contribution in [2.75, 3.05) is 25.0 Å². The highest BCUT2D eigenvalue weighted by Crippen LogP contribution is 2.30. The molecule has 0 radical (unpaired) electrons. The van der Waals surface area contributed by atoms with Gasteiger partial charge in [-0.3, -0.25) is 4.79 Å². The number of rotatable bonds is 5. The molecule has 2 N–H and O–H groups in total. The van der Waals surface area contributed by atoms with Crippen LogP contribution >= 0.6 is 23.1 Å². The van der Waals surface area contributed by atoms with Crippen molar-refractivity contribution in [1.29, 1.82) is 0 Å². The number of carbonyl (C=O) groups excluding carboxylic acids is 2. The van der Waals surface area contributed by atoms with Gasteiger partial charge >= 0.3 is 6.03 Å². The fraction of sp³-hybridized carbons (Fsp3) is 0.353. The summed E-state index contributed by atoms with van der Waals surface area (Å²) in [5.74, 6) is -0.0295. The molecule has 3 rings (SSSR count). The number of anilines is 1. The van der Waals surface area contributed by atoms with Crippen LogP contribution in [-0.2, 0) is 4.79 Å². The van der Waals surface area contributed by atoms with Gasteiger partial charge in [0.1, 0.15) is 0 Å². The zero-order valence-corrected chi connectivity index (χ0v) is 15.6. The molecule has 25 heavy (non-hydrogen) atoms. The summed E-state index contributed by atoms with van der Waals surface area (Å²) in [7, 11) is 0. The molecule has 1 saturated heterocycles. The van der Waals surface area contributed by atoms with E-state index in [9.17, 15) is 9.59 Å². The lowest BCUT2D eigenvalue weighted by atomic mass is 10.3. The van der Waals surface area contributed by atoms with Crippen molar-refractivity contribution in [1.82, 2.24) is 15.2 Å². The molecule has 2 aromatic rings. The van der Waals surface area contributed by atoms with Gasteiger partial charge in [0.2, 0.25) is 5.91 Å². The molecule has 6 nitrogen and oxygen atoms in total. The third kappa shape index (κ3) is 5.20. The maximum Gasteiger partial charge on any atom is 0.319 e. The van der Waals surface area contributed by atoms with Crippen LogP contribution in [0.25, 0.3) is 0 Å². The van der Waals surface area contributed by atoms with Gasteiger partial charge < -0.3 is 15.5 Å². The topological polar surface area (TPSA) is 74.3 Å². The molecule has 3 amide bonds. The van der Waals surface area contributed by atoms with E-state index in [1.807, 2.05) is 36.6 Å². The summed E-state index contributed by atoms with van der Waals surface area (Å²) in [6.07, 6.45) is 2.09. The van der Waals surface area contributed by atoms with Crippen LogP contribution in [-0.4, -0.2) is 41.5 Å². The van der Waals surface area contributed by atoms with Crippen molar-refractivity contribution in [2.24, 2.45) is 0 Å². The number of carbonyl (C=O) groups is 2. The summed E-state index contributed by atoms with van der Waals surface area (Å²) in [6, 6.07) is 7.18. The first-order valence-corrected chi connectivity index (χ1v) is 9.82. The van der Waals surface area contributed by atoms with E-state index in [0.29, 0.717) is 5.69 Å². The van der Waals surface area contributed by atoms with E-state index in [0.717, 1.165) is 40.9 Å². The van der Waals surface area contributed by atoms with Crippen molar-refractivity contribution in [3.05, 3.63) is 35.3 Å². The molecule has 1 aromatic carbocycles. The van der Waals surface area contributed by atoms with E-state index in [1.165, 1.54) is 0 Å². The predicted molar refractivity (Wildman–Crippen MR) is 100 cm³/mol. The fourth-order valence-electron chi connectivity index (χ4n) is 2.50. The Balaban J connectivity index is 1.45. The van der Waals surface area contributed by atoms with Gasteiger partial charge in [0.25, 0.3) is 0 Å². The summed E-state index contributed by atoms with van der Waals surface area (Å²) in [4.78, 5) is 31.1. The van der Waals surface area contributed by atoms with E-state index in [4.69, 9.17) is 0 Å². The number of aryl methyl sites for hydroxylation is 1. The van der Waals surface area contributed by atoms with Gasteiger partial charge in [-0.1, -0.05) is 11.8 Å². The number of nitrogens with zero attached hydrogens (tertiary/aromatic N) is 2. The highest BCUT2D eigenvalue weighted by molar-refractivity contribution is 8.01. The first kappa shape index (κ1) is 17.8. The van der Waals surface area contributed by atoms with Gasteiger partial charge in [-0.25, -0.2) is 9.78 Å². The molecule has 1 aliphatic heterocycles. The summed E-state index contributed by atoms with van der Waals surface area (Å²) in [5.41, 5.74) is 1.71. The molecule has 132 valence electrons. The Bertz CT molecular complexity index is 739. The molecule has 0 bridgehead atoms. The molecule has 0 atom stereocenters. The van der Waals surface area contributed by atoms with Crippen LogP contribution in [0.1, 0.15) is 18.5 Å². The van der Waals surface area contributed by atoms with Crippen molar-refractivity contribution >= 4 is 40.7 Å². The number of hydrogen-bond acceptors (Lipinski definition) is 5. The molecule has 2 heterocycles. The summed E-state index contributed by atoms with van der Waals surface area (Å²) in [5, 5.41) is 7.37. The normalized spacial score (nSPS) is 13.7. The molecule has 0 aliphatic carbocycles. The monoisotopic (exact) mass is 376 g/mol. The van der Waals surface area contributed by atoms with Gasteiger partial charge in [-0.2, -0.15) is 0 Å². The van der Waals surface area contributed by atoms with Crippen LogP contribution in [0.5, 0.6) is 0 Å². The second-order valence-electron chi connectivity index (χ2n) is 5.78. The predicted octanol–water partition coefficient (Wildman–Crippen LogP) is 3.35. The Hall–Kier alpha value is -2.06. The average Bonchev–Trinajstić information content (AvgIpc) is 3.26. The van der Waals surface area contributed by atoms with E-state index in [1.54, 1.807) is 28.0 Å². The van der Waals surface area contributed by atoms with E-state index >= 15 is 0 Å². The van der Waals surface area contributed by atoms with Gasteiger partial charge in [0.15, 0.2) is 4.34 Å². The summed E-state index contributed by atoms with van der Waals surface area (Å²) < 4.78 is 0.997. The Morgan fingerprint density at radius 1 is 1.24 bits per heavy atom. The Morgan fingerprint density at radius 3 is 2.60 bits per heavy atom. The number of hydrogen-bond donors (Lipinski definition) is 2. The minimum absolute atomic E-state index is 0.0295. The zero-order chi connectivity index (χ0) is 17.6. The number of aromatic nitrogens is 1. The number of likely N-dealkylation sites (tertiary alicyclic amines) is 1. The Kier molecular flexibility index (Phi) is 5.93. The molecule has 1 fully saturated rings. The van der Waals surface area contributed by atoms with Crippen molar-refractivity contribution in [2.45, 2.75) is 29.0 Å². The summed E-state index contributed by atoms with van der Waals surface area (Å²) >= 11 is 3.21. The maximum absolute atomic E-state index is 11.9. The third-order valence-corrected chi connectivity index (χ3v) is 5.84. The largest absolute Gasteiger partial charge is 0.341 e. The second-order valence-corrected chi connectivity index (χ2v) is 7.96. The van der Waals surface area contributed by atoms with Crippen LogP contribution in [0.15, 0.2) is 38.9 Å². The van der Waals surface area contributed by atoms with Gasteiger partial charge in [0.05, 0.1) is 6.54 Å². The van der Waals surface area contributed by atoms with Gasteiger partial charge in [0, 0.05) is 34.7 Å². The maximum atomic E-state index is 11.9. The third-order valence-electron chi connectivity index (χ3n) is 3.77. The van der Waals surface area contributed by atoms with Gasteiger partial charge in [-0.15, -0.1) is 11.3 Å². The van der Waals surface area contributed by atoms with Crippen LogP contribution in [0, 0.1) is 6.92 Å². The average molecular weight is 377 g/mol. The van der Waals surface area contributed by atoms with Crippen LogP contribution < -0.4 is 10.6 Å². The Morgan fingerprint density at radius 2 is 1.96 bits per heavy atom. The highest BCUT2D eigenvalue weighted by atomic mass is 32.2. The Labute approximate surface area is 155 Å². The van der Waals surface area contributed by atoms with Crippen LogP contribution in [0.4, 0.5) is 10.5 Å². The molecule has 1 aliphatic rings. The number of thiazole rings is 1. The molecule has 0 spiro atoms. The minimum Gasteiger partial charge on any atom is -0.341 e. The molecular weight excluding hydrogens is 356 g/mol. The van der Waals surface area contributed by atoms with Crippen LogP contribution in [0.2, 0.25) is 0 Å². The molecule has 0 unspecified atom stereocenters. The molecule has 1 aromatic heterocycles. The van der Waals surface area contributed by atoms with Crippen molar-refractivity contribution in [3.8, 4) is 0 Å². The lowest BCUT2D eigenvalue weighted by Gasteiger charge is -2.15. The lowest BCUT2D eigenvalue weighted by Crippen LogP contribution is -2.40. The number of urea groups is 1. The lowest BCUT2D eigenvalue weighted by molar-refractivity contribution is -0.128. The van der Waals surface area contributed by atoms with E-state index in [2.05, 4.69) is 15.6 Å². The van der Waals surface area contributed by atoms with Crippen LogP contribution in [0.3, 0.4) is 0 Å². The van der Waals surface area contributed by atoms with E-state index in [-0.39, 0.29) is 18.5 Å². The standard InChI is InChI=1S/C17H20N4O2S2/c1-12-11-24-17(19-12)25-14-6-4-13(5-7-14)20-16(23)18-10-15(22)21-8-2-3-9-21/h4-7,11H,2-3,8-10H2,1H3,(H2,18,20,23). The first-order valence-electron chi connectivity index (χ1n) is 8.13. The smallest absolute Gasteiger partial charge is 0.319 e. The van der Waals surface area contributed by atoms with Crippen molar-refractivity contribution in [3.63, 3.8) is 0 Å². The SMILES string of the molecule is Cc1csc(Sc2ccc(NC(=O)NCC(=O)N3CCCC3)cc2)n1. The second kappa shape index (κ2) is 8.35. The molecule has 0 saturated carbocycles. The zero-order valence-electron chi connectivity index (χ0n) is 13.9. The van der Waals surface area contributed by atoms with Gasteiger partial charge in [-0.05, 0) is 44.0 Å². The summed E-state index contributed by atoms with van der Waals surface area (Å²) in [6.45, 7) is 3.59. The van der Waals surface area contributed by atoms with E-state index < -0.39 is 0 Å². The first-order chi connectivity index (χ1) is 12.1. The molecule has 8 heteroatoms. The highest BCUT2D eigenvalue weighted by Gasteiger charge is 2.18. The molecular formula is C17H20N4O2S2. The quantitative estimate of drug-likeness (QED) is 0.839. The van der Waals surface area contributed by atoms with Crippen molar-refractivity contribution < 1.29 is 9.59 Å².